The molecule has 0 unspecified atom stereocenters. The first kappa shape index (κ1) is 14.3. The SMILES string of the molecule is CCC1(CC)CN=C(Nc2cccc(OC)c2)SC1. The monoisotopic (exact) mass is 278 g/mol. The summed E-state index contributed by atoms with van der Waals surface area (Å²) in [6, 6.07) is 7.95. The van der Waals surface area contributed by atoms with E-state index in [4.69, 9.17) is 9.73 Å². The number of methoxy groups -OCH3 is 1. The molecule has 0 fully saturated rings. The van der Waals surface area contributed by atoms with Gasteiger partial charge in [0.05, 0.1) is 7.11 Å². The molecule has 1 aliphatic rings. The second-order valence-electron chi connectivity index (χ2n) is 4.97. The van der Waals surface area contributed by atoms with Gasteiger partial charge < -0.3 is 10.1 Å². The third-order valence-electron chi connectivity index (χ3n) is 3.89. The number of hydrogen-bond acceptors (Lipinski definition) is 4. The van der Waals surface area contributed by atoms with Crippen LogP contribution in [0.2, 0.25) is 0 Å². The zero-order valence-electron chi connectivity index (χ0n) is 11.9. The van der Waals surface area contributed by atoms with Crippen LogP contribution in [0.4, 0.5) is 5.69 Å². The molecule has 0 aliphatic carbocycles. The van der Waals surface area contributed by atoms with E-state index < -0.39 is 0 Å². The fraction of sp³-hybridized carbons (Fsp3) is 0.533. The van der Waals surface area contributed by atoms with Crippen molar-refractivity contribution in [2.45, 2.75) is 26.7 Å². The maximum absolute atomic E-state index is 5.23. The highest BCUT2D eigenvalue weighted by atomic mass is 32.2. The Hall–Kier alpha value is -1.16. The second kappa shape index (κ2) is 6.33. The van der Waals surface area contributed by atoms with Crippen molar-refractivity contribution in [3.63, 3.8) is 0 Å². The van der Waals surface area contributed by atoms with Gasteiger partial charge in [0.15, 0.2) is 5.17 Å². The first-order chi connectivity index (χ1) is 9.21. The molecule has 1 aromatic rings. The Labute approximate surface area is 119 Å². The van der Waals surface area contributed by atoms with E-state index in [1.807, 2.05) is 36.0 Å². The van der Waals surface area contributed by atoms with Crippen LogP contribution < -0.4 is 10.1 Å². The number of hydrogen-bond donors (Lipinski definition) is 1. The summed E-state index contributed by atoms with van der Waals surface area (Å²) in [5.41, 5.74) is 1.43. The minimum absolute atomic E-state index is 0.393. The third-order valence-corrected chi connectivity index (χ3v) is 5.16. The smallest absolute Gasteiger partial charge is 0.161 e. The molecule has 0 radical (unpaired) electrons. The normalized spacial score (nSPS) is 17.7. The van der Waals surface area contributed by atoms with Gasteiger partial charge in [0.2, 0.25) is 0 Å². The van der Waals surface area contributed by atoms with Gasteiger partial charge in [-0.3, -0.25) is 4.99 Å². The maximum Gasteiger partial charge on any atom is 0.161 e. The van der Waals surface area contributed by atoms with E-state index in [0.29, 0.717) is 5.41 Å². The van der Waals surface area contributed by atoms with E-state index in [0.717, 1.165) is 28.9 Å². The highest BCUT2D eigenvalue weighted by Gasteiger charge is 2.30. The minimum Gasteiger partial charge on any atom is -0.497 e. The second-order valence-corrected chi connectivity index (χ2v) is 5.94. The number of amidine groups is 1. The molecule has 0 bridgehead atoms. The molecule has 1 aromatic carbocycles. The molecule has 0 amide bonds. The molecule has 0 spiro atoms. The van der Waals surface area contributed by atoms with Gasteiger partial charge in [0.1, 0.15) is 5.75 Å². The Bertz CT molecular complexity index is 455. The summed E-state index contributed by atoms with van der Waals surface area (Å²) >= 11 is 1.83. The van der Waals surface area contributed by atoms with Crippen LogP contribution in [0, 0.1) is 5.41 Å². The summed E-state index contributed by atoms with van der Waals surface area (Å²) in [5.74, 6) is 2.01. The van der Waals surface area contributed by atoms with Crippen molar-refractivity contribution in [3.8, 4) is 5.75 Å². The van der Waals surface area contributed by atoms with Gasteiger partial charge >= 0.3 is 0 Å². The molecular weight excluding hydrogens is 256 g/mol. The van der Waals surface area contributed by atoms with E-state index in [9.17, 15) is 0 Å². The zero-order valence-corrected chi connectivity index (χ0v) is 12.7. The number of ether oxygens (including phenoxy) is 1. The lowest BCUT2D eigenvalue weighted by Crippen LogP contribution is -2.32. The maximum atomic E-state index is 5.23. The van der Waals surface area contributed by atoms with Gasteiger partial charge in [0.25, 0.3) is 0 Å². The van der Waals surface area contributed by atoms with E-state index in [1.165, 1.54) is 12.8 Å². The Morgan fingerprint density at radius 1 is 1.37 bits per heavy atom. The van der Waals surface area contributed by atoms with Crippen LogP contribution in [0.3, 0.4) is 0 Å². The summed E-state index contributed by atoms with van der Waals surface area (Å²) in [4.78, 5) is 4.70. The van der Waals surface area contributed by atoms with E-state index in [-0.39, 0.29) is 0 Å². The standard InChI is InChI=1S/C15H22N2OS/c1-4-15(5-2)10-16-14(19-11-15)17-12-7-6-8-13(9-12)18-3/h6-9H,4-5,10-11H2,1-3H3,(H,16,17). The fourth-order valence-corrected chi connectivity index (χ4v) is 3.42. The Morgan fingerprint density at radius 3 is 2.74 bits per heavy atom. The lowest BCUT2D eigenvalue weighted by Gasteiger charge is -2.33. The quantitative estimate of drug-likeness (QED) is 0.903. The van der Waals surface area contributed by atoms with E-state index in [1.54, 1.807) is 7.11 Å². The summed E-state index contributed by atoms with van der Waals surface area (Å²) in [7, 11) is 1.68. The number of rotatable bonds is 4. The zero-order chi connectivity index (χ0) is 13.7. The Balaban J connectivity index is 2.03. The Morgan fingerprint density at radius 2 is 2.16 bits per heavy atom. The van der Waals surface area contributed by atoms with Crippen molar-refractivity contribution >= 4 is 22.6 Å². The number of aliphatic imine (C=N–C) groups is 1. The van der Waals surface area contributed by atoms with Crippen molar-refractivity contribution < 1.29 is 4.74 Å². The molecule has 0 atom stereocenters. The summed E-state index contributed by atoms with van der Waals surface area (Å²) < 4.78 is 5.23. The van der Waals surface area contributed by atoms with Crippen molar-refractivity contribution in [3.05, 3.63) is 24.3 Å². The summed E-state index contributed by atoms with van der Waals surface area (Å²) in [6.45, 7) is 5.46. The van der Waals surface area contributed by atoms with Crippen molar-refractivity contribution in [1.29, 1.82) is 0 Å². The predicted molar refractivity (Wildman–Crippen MR) is 84.4 cm³/mol. The van der Waals surface area contributed by atoms with Gasteiger partial charge in [-0.2, -0.15) is 0 Å². The summed E-state index contributed by atoms with van der Waals surface area (Å²) in [6.07, 6.45) is 2.40. The molecule has 4 heteroatoms. The fourth-order valence-electron chi connectivity index (χ4n) is 2.13. The van der Waals surface area contributed by atoms with Gasteiger partial charge in [-0.1, -0.05) is 31.7 Å². The lowest BCUT2D eigenvalue weighted by molar-refractivity contribution is 0.318. The molecule has 2 rings (SSSR count). The topological polar surface area (TPSA) is 33.6 Å². The van der Waals surface area contributed by atoms with Crippen LogP contribution in [0.15, 0.2) is 29.3 Å². The van der Waals surface area contributed by atoms with Crippen molar-refractivity contribution in [2.75, 3.05) is 24.7 Å². The van der Waals surface area contributed by atoms with Crippen LogP contribution >= 0.6 is 11.8 Å². The van der Waals surface area contributed by atoms with Gasteiger partial charge in [-0.25, -0.2) is 0 Å². The average molecular weight is 278 g/mol. The highest BCUT2D eigenvalue weighted by molar-refractivity contribution is 8.14. The largest absolute Gasteiger partial charge is 0.497 e. The molecule has 1 N–H and O–H groups in total. The van der Waals surface area contributed by atoms with Crippen molar-refractivity contribution in [2.24, 2.45) is 10.4 Å². The summed E-state index contributed by atoms with van der Waals surface area (Å²) in [5, 5.41) is 4.39. The first-order valence-electron chi connectivity index (χ1n) is 6.79. The number of thioether (sulfide) groups is 1. The number of nitrogens with one attached hydrogen (secondary N) is 1. The first-order valence-corrected chi connectivity index (χ1v) is 7.78. The Kier molecular flexibility index (Phi) is 4.75. The van der Waals surface area contributed by atoms with E-state index >= 15 is 0 Å². The van der Waals surface area contributed by atoms with Crippen molar-refractivity contribution in [1.82, 2.24) is 0 Å². The molecule has 104 valence electrons. The number of nitrogens with zero attached hydrogens (tertiary/aromatic N) is 1. The molecule has 0 saturated carbocycles. The number of benzene rings is 1. The van der Waals surface area contributed by atoms with Crippen LogP contribution in [0.1, 0.15) is 26.7 Å². The van der Waals surface area contributed by atoms with Gasteiger partial charge in [0, 0.05) is 24.1 Å². The van der Waals surface area contributed by atoms with Crippen LogP contribution in [0.5, 0.6) is 5.75 Å². The molecule has 1 heterocycles. The molecule has 0 saturated heterocycles. The third kappa shape index (κ3) is 3.44. The molecular formula is C15H22N2OS. The highest BCUT2D eigenvalue weighted by Crippen LogP contribution is 2.35. The molecule has 1 aliphatic heterocycles. The molecule has 0 aromatic heterocycles. The van der Waals surface area contributed by atoms with Gasteiger partial charge in [-0.15, -0.1) is 0 Å². The number of anilines is 1. The van der Waals surface area contributed by atoms with Crippen LogP contribution in [0.25, 0.3) is 0 Å². The molecule has 3 nitrogen and oxygen atoms in total. The van der Waals surface area contributed by atoms with Crippen LogP contribution in [-0.4, -0.2) is 24.6 Å². The predicted octanol–water partition coefficient (Wildman–Crippen LogP) is 4.02. The van der Waals surface area contributed by atoms with E-state index in [2.05, 4.69) is 19.2 Å². The van der Waals surface area contributed by atoms with Crippen LogP contribution in [-0.2, 0) is 0 Å². The lowest BCUT2D eigenvalue weighted by atomic mass is 9.84. The average Bonchev–Trinajstić information content (AvgIpc) is 2.48. The molecule has 19 heavy (non-hydrogen) atoms. The minimum atomic E-state index is 0.393. The van der Waals surface area contributed by atoms with Gasteiger partial charge in [-0.05, 0) is 30.4 Å².